The molecular weight excluding hydrogens is 325 g/mol. The van der Waals surface area contributed by atoms with Crippen LogP contribution < -0.4 is 10.5 Å². The van der Waals surface area contributed by atoms with Crippen molar-refractivity contribution in [2.75, 3.05) is 5.73 Å². The fourth-order valence-corrected chi connectivity index (χ4v) is 5.15. The van der Waals surface area contributed by atoms with Crippen LogP contribution in [0.25, 0.3) is 0 Å². The van der Waals surface area contributed by atoms with Gasteiger partial charge in [-0.1, -0.05) is 0 Å². The first kappa shape index (κ1) is 15.4. The van der Waals surface area contributed by atoms with E-state index in [1.54, 1.807) is 6.92 Å². The van der Waals surface area contributed by atoms with Crippen molar-refractivity contribution in [3.8, 4) is 0 Å². The molecule has 0 bridgehead atoms. The number of anilines is 1. The van der Waals surface area contributed by atoms with Gasteiger partial charge in [-0.2, -0.15) is 0 Å². The van der Waals surface area contributed by atoms with Crippen LogP contribution in [0.5, 0.6) is 0 Å². The number of aryl methyl sites for hydroxylation is 2. The van der Waals surface area contributed by atoms with E-state index in [-0.39, 0.29) is 10.9 Å². The standard InChI is InChI=1S/C14H16FN3O2S2/c1-8-6-9(15)2-5-13(8)22(19,20)18-10-3-4-11-12(7-10)21-14(16)17-11/h2,5-6,10,18H,3-4,7H2,1H3,(H2,16,17). The quantitative estimate of drug-likeness (QED) is 0.894. The molecule has 0 saturated carbocycles. The summed E-state index contributed by atoms with van der Waals surface area (Å²) in [5, 5.41) is 0.517. The van der Waals surface area contributed by atoms with Gasteiger partial charge in [-0.25, -0.2) is 22.5 Å². The highest BCUT2D eigenvalue weighted by Crippen LogP contribution is 2.29. The normalized spacial score (nSPS) is 18.2. The lowest BCUT2D eigenvalue weighted by Crippen LogP contribution is -2.38. The summed E-state index contributed by atoms with van der Waals surface area (Å²) < 4.78 is 40.8. The Kier molecular flexibility index (Phi) is 3.92. The minimum atomic E-state index is -3.67. The summed E-state index contributed by atoms with van der Waals surface area (Å²) in [6.07, 6.45) is 1.97. The van der Waals surface area contributed by atoms with Crippen molar-refractivity contribution in [2.45, 2.75) is 37.1 Å². The van der Waals surface area contributed by atoms with Crippen molar-refractivity contribution in [1.29, 1.82) is 0 Å². The molecule has 0 spiro atoms. The van der Waals surface area contributed by atoms with Crippen LogP contribution in [0.3, 0.4) is 0 Å². The number of hydrogen-bond acceptors (Lipinski definition) is 5. The summed E-state index contributed by atoms with van der Waals surface area (Å²) in [7, 11) is -3.67. The van der Waals surface area contributed by atoms with E-state index in [9.17, 15) is 12.8 Å². The molecule has 118 valence electrons. The molecule has 1 atom stereocenters. The number of nitrogens with zero attached hydrogens (tertiary/aromatic N) is 1. The van der Waals surface area contributed by atoms with E-state index in [4.69, 9.17) is 5.73 Å². The fourth-order valence-electron chi connectivity index (χ4n) is 2.69. The van der Waals surface area contributed by atoms with Crippen molar-refractivity contribution in [3.05, 3.63) is 40.2 Å². The Morgan fingerprint density at radius 2 is 2.23 bits per heavy atom. The maximum Gasteiger partial charge on any atom is 0.241 e. The van der Waals surface area contributed by atoms with Gasteiger partial charge < -0.3 is 5.73 Å². The molecule has 0 aliphatic heterocycles. The van der Waals surface area contributed by atoms with Crippen LogP contribution in [-0.4, -0.2) is 19.4 Å². The van der Waals surface area contributed by atoms with Crippen molar-refractivity contribution >= 4 is 26.5 Å². The van der Waals surface area contributed by atoms with Crippen molar-refractivity contribution in [3.63, 3.8) is 0 Å². The zero-order valence-electron chi connectivity index (χ0n) is 12.0. The van der Waals surface area contributed by atoms with Crippen molar-refractivity contribution < 1.29 is 12.8 Å². The molecule has 5 nitrogen and oxygen atoms in total. The zero-order chi connectivity index (χ0) is 15.9. The maximum atomic E-state index is 13.1. The molecule has 0 fully saturated rings. The molecule has 0 amide bonds. The lowest BCUT2D eigenvalue weighted by Gasteiger charge is -2.22. The minimum absolute atomic E-state index is 0.114. The lowest BCUT2D eigenvalue weighted by molar-refractivity contribution is 0.507. The molecule has 2 aromatic rings. The molecule has 1 aliphatic carbocycles. The van der Waals surface area contributed by atoms with Gasteiger partial charge in [-0.05, 0) is 43.5 Å². The molecule has 0 saturated heterocycles. The molecule has 1 aromatic carbocycles. The van der Waals surface area contributed by atoms with Gasteiger partial charge in [-0.15, -0.1) is 11.3 Å². The fraction of sp³-hybridized carbons (Fsp3) is 0.357. The maximum absolute atomic E-state index is 13.1. The van der Waals surface area contributed by atoms with Crippen LogP contribution in [0.2, 0.25) is 0 Å². The number of aromatic nitrogens is 1. The Balaban J connectivity index is 1.80. The highest BCUT2D eigenvalue weighted by Gasteiger charge is 2.27. The van der Waals surface area contributed by atoms with Crippen molar-refractivity contribution in [2.24, 2.45) is 0 Å². The van der Waals surface area contributed by atoms with Gasteiger partial charge >= 0.3 is 0 Å². The second-order valence-corrected chi connectivity index (χ2v) is 8.19. The third-order valence-electron chi connectivity index (χ3n) is 3.70. The summed E-state index contributed by atoms with van der Waals surface area (Å²) >= 11 is 1.40. The molecule has 3 N–H and O–H groups in total. The number of nitrogens with one attached hydrogen (secondary N) is 1. The lowest BCUT2D eigenvalue weighted by atomic mass is 9.99. The molecular formula is C14H16FN3O2S2. The van der Waals surface area contributed by atoms with E-state index >= 15 is 0 Å². The smallest absolute Gasteiger partial charge is 0.241 e. The Morgan fingerprint density at radius 1 is 1.45 bits per heavy atom. The van der Waals surface area contributed by atoms with E-state index in [2.05, 4.69) is 9.71 Å². The van der Waals surface area contributed by atoms with E-state index in [0.717, 1.165) is 16.6 Å². The number of halogens is 1. The van der Waals surface area contributed by atoms with Crippen LogP contribution in [-0.2, 0) is 22.9 Å². The number of fused-ring (bicyclic) bond motifs is 1. The van der Waals surface area contributed by atoms with Gasteiger partial charge in [0.15, 0.2) is 5.13 Å². The highest BCUT2D eigenvalue weighted by atomic mass is 32.2. The van der Waals surface area contributed by atoms with E-state index in [1.165, 1.54) is 23.5 Å². The van der Waals surface area contributed by atoms with Gasteiger partial charge in [0, 0.05) is 17.3 Å². The summed E-state index contributed by atoms with van der Waals surface area (Å²) in [6.45, 7) is 1.58. The molecule has 1 aliphatic rings. The number of benzene rings is 1. The molecule has 8 heteroatoms. The second-order valence-electron chi connectivity index (χ2n) is 5.39. The van der Waals surface area contributed by atoms with Gasteiger partial charge in [-0.3, -0.25) is 0 Å². The summed E-state index contributed by atoms with van der Waals surface area (Å²) in [4.78, 5) is 5.39. The van der Waals surface area contributed by atoms with Crippen LogP contribution in [0.15, 0.2) is 23.1 Å². The number of hydrogen-bond donors (Lipinski definition) is 2. The Bertz CT molecular complexity index is 817. The predicted molar refractivity (Wildman–Crippen MR) is 83.8 cm³/mol. The van der Waals surface area contributed by atoms with E-state index in [0.29, 0.717) is 30.0 Å². The summed E-state index contributed by atoms with van der Waals surface area (Å²) in [5.41, 5.74) is 7.05. The number of sulfonamides is 1. The van der Waals surface area contributed by atoms with E-state index in [1.807, 2.05) is 0 Å². The molecule has 0 radical (unpaired) electrons. The van der Waals surface area contributed by atoms with Gasteiger partial charge in [0.1, 0.15) is 5.82 Å². The zero-order valence-corrected chi connectivity index (χ0v) is 13.6. The first-order valence-corrected chi connectivity index (χ1v) is 9.17. The number of thiazole rings is 1. The van der Waals surface area contributed by atoms with Crippen LogP contribution in [0.1, 0.15) is 22.6 Å². The number of nitrogens with two attached hydrogens (primary N) is 1. The van der Waals surface area contributed by atoms with Crippen LogP contribution >= 0.6 is 11.3 Å². The molecule has 1 aromatic heterocycles. The summed E-state index contributed by atoms with van der Waals surface area (Å²) in [6, 6.07) is 3.48. The molecule has 22 heavy (non-hydrogen) atoms. The Hall–Kier alpha value is -1.51. The number of rotatable bonds is 3. The Morgan fingerprint density at radius 3 is 2.95 bits per heavy atom. The first-order chi connectivity index (χ1) is 10.3. The third-order valence-corrected chi connectivity index (χ3v) is 6.33. The van der Waals surface area contributed by atoms with Crippen LogP contribution in [0.4, 0.5) is 9.52 Å². The van der Waals surface area contributed by atoms with E-state index < -0.39 is 15.8 Å². The average Bonchev–Trinajstić information content (AvgIpc) is 2.77. The van der Waals surface area contributed by atoms with Crippen LogP contribution in [0, 0.1) is 12.7 Å². The SMILES string of the molecule is Cc1cc(F)ccc1S(=O)(=O)NC1CCc2nc(N)sc2C1. The first-order valence-electron chi connectivity index (χ1n) is 6.88. The van der Waals surface area contributed by atoms with Crippen molar-refractivity contribution in [1.82, 2.24) is 9.71 Å². The highest BCUT2D eigenvalue weighted by molar-refractivity contribution is 7.89. The summed E-state index contributed by atoms with van der Waals surface area (Å²) in [5.74, 6) is -0.445. The monoisotopic (exact) mass is 341 g/mol. The number of nitrogen functional groups attached to an aromatic ring is 1. The van der Waals surface area contributed by atoms with Gasteiger partial charge in [0.05, 0.1) is 10.6 Å². The predicted octanol–water partition coefficient (Wildman–Crippen LogP) is 2.01. The molecule has 3 rings (SSSR count). The molecule has 1 unspecified atom stereocenters. The average molecular weight is 341 g/mol. The molecule has 1 heterocycles. The second kappa shape index (κ2) is 5.60. The topological polar surface area (TPSA) is 85.1 Å². The minimum Gasteiger partial charge on any atom is -0.375 e. The van der Waals surface area contributed by atoms with Gasteiger partial charge in [0.25, 0.3) is 0 Å². The largest absolute Gasteiger partial charge is 0.375 e. The third kappa shape index (κ3) is 2.99. The Labute approximate surface area is 132 Å². The van der Waals surface area contributed by atoms with Gasteiger partial charge in [0.2, 0.25) is 10.0 Å².